The van der Waals surface area contributed by atoms with E-state index in [-0.39, 0.29) is 0 Å². The molecule has 0 bridgehead atoms. The van der Waals surface area contributed by atoms with Gasteiger partial charge in [0.1, 0.15) is 0 Å². The zero-order chi connectivity index (χ0) is 43.1. The third-order valence-electron chi connectivity index (χ3n) is 13.0. The molecule has 0 amide bonds. The van der Waals surface area contributed by atoms with Crippen LogP contribution < -0.4 is 4.90 Å². The Morgan fingerprint density at radius 2 is 0.538 bits per heavy atom. The molecule has 0 aliphatic carbocycles. The van der Waals surface area contributed by atoms with Crippen LogP contribution in [0.3, 0.4) is 0 Å². The van der Waals surface area contributed by atoms with E-state index in [1.807, 2.05) is 0 Å². The fourth-order valence-corrected chi connectivity index (χ4v) is 9.62. The number of hydrogen-bond acceptors (Lipinski definition) is 1. The van der Waals surface area contributed by atoms with E-state index in [0.717, 1.165) is 17.1 Å². The second-order valence-corrected chi connectivity index (χ2v) is 17.0. The second-order valence-electron chi connectivity index (χ2n) is 17.0. The Kier molecular flexibility index (Phi) is 9.58. The molecule has 12 rings (SSSR count). The number of benzene rings is 12. The third-order valence-corrected chi connectivity index (χ3v) is 13.0. The molecule has 0 spiro atoms. The molecule has 304 valence electrons. The van der Waals surface area contributed by atoms with Crippen molar-refractivity contribution in [2.24, 2.45) is 0 Å². The molecule has 0 unspecified atom stereocenters. The number of nitrogens with zero attached hydrogens (tertiary/aromatic N) is 1. The predicted molar refractivity (Wildman–Crippen MR) is 278 cm³/mol. The van der Waals surface area contributed by atoms with Crippen LogP contribution in [0.15, 0.2) is 261 Å². The van der Waals surface area contributed by atoms with Gasteiger partial charge in [-0.05, 0) is 159 Å². The molecule has 0 atom stereocenters. The molecular weight excluding hydrogens is 783 g/mol. The SMILES string of the molecule is c1ccc(-c2ccc(N(c3ccc(-c4cccc(-c5ccccc5)c4)cc3)c3ccc(-c4ccc5ccc(-c6ccc7c(ccc8ccc9ccccc9c87)c6)cc5c4)cc3)cc2)cc1. The summed E-state index contributed by atoms with van der Waals surface area (Å²) in [6, 6.07) is 95.1. The molecule has 0 aliphatic heterocycles. The maximum atomic E-state index is 2.35. The zero-order valence-corrected chi connectivity index (χ0v) is 35.8. The Bertz CT molecular complexity index is 3670. The lowest BCUT2D eigenvalue weighted by molar-refractivity contribution is 1.28. The van der Waals surface area contributed by atoms with Crippen molar-refractivity contribution in [3.05, 3.63) is 261 Å². The summed E-state index contributed by atoms with van der Waals surface area (Å²) >= 11 is 0. The van der Waals surface area contributed by atoms with Gasteiger partial charge >= 0.3 is 0 Å². The minimum atomic E-state index is 1.10. The van der Waals surface area contributed by atoms with Gasteiger partial charge in [0.15, 0.2) is 0 Å². The lowest BCUT2D eigenvalue weighted by atomic mass is 9.93. The molecule has 12 aromatic carbocycles. The summed E-state index contributed by atoms with van der Waals surface area (Å²) in [4.78, 5) is 2.35. The average Bonchev–Trinajstić information content (AvgIpc) is 3.39. The fourth-order valence-electron chi connectivity index (χ4n) is 9.62. The van der Waals surface area contributed by atoms with E-state index in [1.54, 1.807) is 0 Å². The molecule has 0 N–H and O–H groups in total. The molecule has 1 heteroatoms. The standard InChI is InChI=1S/C64H43N/c1-3-10-44(11-4-1)46-26-33-59(34-27-46)65(60-35-28-47(29-36-60)53-16-9-15-52(40-53)45-12-5-2-6-13-45)61-37-30-48(31-38-61)54-23-18-49-19-24-55(43-58(49)42-54)56-32-39-63-57(41-56)25-22-51-21-20-50-14-7-8-17-62(50)64(51)63/h1-43H. The van der Waals surface area contributed by atoms with Gasteiger partial charge in [-0.3, -0.25) is 0 Å². The van der Waals surface area contributed by atoms with Crippen molar-refractivity contribution in [2.75, 3.05) is 4.90 Å². The van der Waals surface area contributed by atoms with Gasteiger partial charge in [0, 0.05) is 17.1 Å². The molecule has 0 fully saturated rings. The summed E-state index contributed by atoms with van der Waals surface area (Å²) in [5.41, 5.74) is 15.3. The largest absolute Gasteiger partial charge is 0.311 e. The molecule has 0 radical (unpaired) electrons. The third kappa shape index (κ3) is 7.30. The van der Waals surface area contributed by atoms with Gasteiger partial charge in [-0.1, -0.05) is 200 Å². The molecule has 0 saturated heterocycles. The van der Waals surface area contributed by atoms with Crippen LogP contribution in [0.1, 0.15) is 0 Å². The van der Waals surface area contributed by atoms with Crippen LogP contribution in [0, 0.1) is 0 Å². The van der Waals surface area contributed by atoms with Crippen molar-refractivity contribution in [3.63, 3.8) is 0 Å². The normalized spacial score (nSPS) is 11.4. The molecular formula is C64H43N. The van der Waals surface area contributed by atoms with E-state index in [4.69, 9.17) is 0 Å². The average molecular weight is 826 g/mol. The van der Waals surface area contributed by atoms with Gasteiger partial charge in [-0.25, -0.2) is 0 Å². The minimum Gasteiger partial charge on any atom is -0.311 e. The van der Waals surface area contributed by atoms with Gasteiger partial charge in [0.25, 0.3) is 0 Å². The van der Waals surface area contributed by atoms with Crippen LogP contribution in [-0.4, -0.2) is 0 Å². The van der Waals surface area contributed by atoms with Crippen LogP contribution in [0.4, 0.5) is 17.1 Å². The van der Waals surface area contributed by atoms with Crippen LogP contribution >= 0.6 is 0 Å². The maximum absolute atomic E-state index is 2.35. The second kappa shape index (κ2) is 16.3. The number of fused-ring (bicyclic) bond motifs is 6. The van der Waals surface area contributed by atoms with E-state index in [9.17, 15) is 0 Å². The summed E-state index contributed by atoms with van der Waals surface area (Å²) in [7, 11) is 0. The summed E-state index contributed by atoms with van der Waals surface area (Å²) in [5, 5.41) is 10.2. The lowest BCUT2D eigenvalue weighted by Gasteiger charge is -2.26. The van der Waals surface area contributed by atoms with Crippen LogP contribution in [0.25, 0.3) is 98.7 Å². The number of anilines is 3. The minimum absolute atomic E-state index is 1.10. The van der Waals surface area contributed by atoms with Gasteiger partial charge in [0.05, 0.1) is 0 Å². The van der Waals surface area contributed by atoms with Crippen molar-refractivity contribution in [2.45, 2.75) is 0 Å². The highest BCUT2D eigenvalue weighted by Crippen LogP contribution is 2.40. The van der Waals surface area contributed by atoms with Gasteiger partial charge in [-0.15, -0.1) is 0 Å². The smallest absolute Gasteiger partial charge is 0.0462 e. The Hall–Kier alpha value is -8.52. The van der Waals surface area contributed by atoms with E-state index in [2.05, 4.69) is 266 Å². The highest BCUT2D eigenvalue weighted by atomic mass is 15.1. The first kappa shape index (κ1) is 38.2. The molecule has 0 heterocycles. The van der Waals surface area contributed by atoms with Crippen molar-refractivity contribution >= 4 is 60.2 Å². The highest BCUT2D eigenvalue weighted by molar-refractivity contribution is 6.20. The predicted octanol–water partition coefficient (Wildman–Crippen LogP) is 18.1. The first-order valence-electron chi connectivity index (χ1n) is 22.4. The Morgan fingerprint density at radius 1 is 0.185 bits per heavy atom. The topological polar surface area (TPSA) is 3.24 Å². The van der Waals surface area contributed by atoms with E-state index in [1.165, 1.54) is 98.7 Å². The van der Waals surface area contributed by atoms with Crippen molar-refractivity contribution in [1.82, 2.24) is 0 Å². The lowest BCUT2D eigenvalue weighted by Crippen LogP contribution is -2.09. The Balaban J connectivity index is 0.868. The first-order valence-corrected chi connectivity index (χ1v) is 22.4. The maximum Gasteiger partial charge on any atom is 0.0462 e. The zero-order valence-electron chi connectivity index (χ0n) is 35.8. The number of rotatable bonds is 8. The summed E-state index contributed by atoms with van der Waals surface area (Å²) in [5.74, 6) is 0. The molecule has 65 heavy (non-hydrogen) atoms. The van der Waals surface area contributed by atoms with Gasteiger partial charge in [0.2, 0.25) is 0 Å². The molecule has 12 aromatic rings. The van der Waals surface area contributed by atoms with Crippen molar-refractivity contribution in [3.8, 4) is 55.6 Å². The van der Waals surface area contributed by atoms with Crippen LogP contribution in [0.2, 0.25) is 0 Å². The van der Waals surface area contributed by atoms with Crippen molar-refractivity contribution < 1.29 is 0 Å². The first-order chi connectivity index (χ1) is 32.2. The summed E-state index contributed by atoms with van der Waals surface area (Å²) in [6.07, 6.45) is 0. The monoisotopic (exact) mass is 825 g/mol. The Morgan fingerprint density at radius 3 is 1.12 bits per heavy atom. The molecule has 0 aliphatic rings. The summed E-state index contributed by atoms with van der Waals surface area (Å²) in [6.45, 7) is 0. The van der Waals surface area contributed by atoms with Crippen LogP contribution in [-0.2, 0) is 0 Å². The highest BCUT2D eigenvalue weighted by Gasteiger charge is 2.15. The van der Waals surface area contributed by atoms with E-state index < -0.39 is 0 Å². The van der Waals surface area contributed by atoms with E-state index in [0.29, 0.717) is 0 Å². The molecule has 0 saturated carbocycles. The quantitative estimate of drug-likeness (QED) is 0.138. The number of hydrogen-bond donors (Lipinski definition) is 0. The molecule has 1 nitrogen and oxygen atoms in total. The fraction of sp³-hybridized carbons (Fsp3) is 0. The van der Waals surface area contributed by atoms with Gasteiger partial charge < -0.3 is 4.90 Å². The van der Waals surface area contributed by atoms with Crippen molar-refractivity contribution in [1.29, 1.82) is 0 Å². The molecule has 0 aromatic heterocycles. The summed E-state index contributed by atoms with van der Waals surface area (Å²) < 4.78 is 0. The Labute approximate surface area is 379 Å². The van der Waals surface area contributed by atoms with E-state index >= 15 is 0 Å². The van der Waals surface area contributed by atoms with Crippen LogP contribution in [0.5, 0.6) is 0 Å². The van der Waals surface area contributed by atoms with Gasteiger partial charge in [-0.2, -0.15) is 0 Å².